The number of ether oxygens (including phenoxy) is 2. The van der Waals surface area contributed by atoms with Crippen LogP contribution in [0.25, 0.3) is 0 Å². The van der Waals surface area contributed by atoms with Crippen LogP contribution in [0.3, 0.4) is 0 Å². The molecule has 0 aromatic heterocycles. The molecule has 82 valence electrons. The summed E-state index contributed by atoms with van der Waals surface area (Å²) in [6.07, 6.45) is -2.47. The Balaban J connectivity index is 2.47. The van der Waals surface area contributed by atoms with Crippen LogP contribution in [0.15, 0.2) is 0 Å². The molecule has 0 aromatic carbocycles. The van der Waals surface area contributed by atoms with Crippen molar-refractivity contribution in [2.45, 2.75) is 19.1 Å². The van der Waals surface area contributed by atoms with Crippen molar-refractivity contribution in [2.24, 2.45) is 0 Å². The second kappa shape index (κ2) is 4.11. The molecule has 1 heterocycles. The van der Waals surface area contributed by atoms with Gasteiger partial charge in [-0.05, 0) is 6.92 Å². The Bertz CT molecular complexity index is 308. The Labute approximate surface area is 81.2 Å². The first-order chi connectivity index (χ1) is 6.44. The largest absolute Gasteiger partial charge is 0.508 e. The Morgan fingerprint density at radius 1 is 1.57 bits per heavy atom. The van der Waals surface area contributed by atoms with E-state index in [9.17, 15) is 13.2 Å². The van der Waals surface area contributed by atoms with Crippen LogP contribution in [0.2, 0.25) is 0 Å². The molecule has 0 aliphatic carbocycles. The molecule has 7 nitrogen and oxygen atoms in total. The Morgan fingerprint density at radius 3 is 2.64 bits per heavy atom. The predicted molar refractivity (Wildman–Crippen MR) is 42.7 cm³/mol. The van der Waals surface area contributed by atoms with Gasteiger partial charge in [0.15, 0.2) is 0 Å². The molecule has 14 heavy (non-hydrogen) atoms. The van der Waals surface area contributed by atoms with Gasteiger partial charge in [0.2, 0.25) is 0 Å². The summed E-state index contributed by atoms with van der Waals surface area (Å²) in [5.41, 5.74) is 0. The summed E-state index contributed by atoms with van der Waals surface area (Å²) in [5, 5.41) is 0. The first-order valence-corrected chi connectivity index (χ1v) is 5.10. The van der Waals surface area contributed by atoms with Crippen LogP contribution in [-0.2, 0) is 28.2 Å². The van der Waals surface area contributed by atoms with Crippen molar-refractivity contribution in [1.29, 1.82) is 0 Å². The fraction of sp³-hybridized carbons (Fsp3) is 0.833. The fourth-order valence-electron chi connectivity index (χ4n) is 0.847. The highest BCUT2D eigenvalue weighted by Crippen LogP contribution is 2.17. The third kappa shape index (κ3) is 2.82. The SMILES string of the molecule is COC(=O)OC(C)C1COS(=O)(=O)O1. The van der Waals surface area contributed by atoms with Crippen molar-refractivity contribution >= 4 is 16.6 Å². The first-order valence-electron chi connectivity index (χ1n) is 3.77. The van der Waals surface area contributed by atoms with Crippen LogP contribution < -0.4 is 0 Å². The lowest BCUT2D eigenvalue weighted by Gasteiger charge is -2.14. The lowest BCUT2D eigenvalue weighted by Crippen LogP contribution is -2.30. The lowest BCUT2D eigenvalue weighted by molar-refractivity contribution is -0.000506. The summed E-state index contributed by atoms with van der Waals surface area (Å²) >= 11 is 0. The molecule has 1 aliphatic heterocycles. The molecule has 2 atom stereocenters. The number of methoxy groups -OCH3 is 1. The molecule has 8 heteroatoms. The van der Waals surface area contributed by atoms with E-state index in [0.717, 1.165) is 7.11 Å². The summed E-state index contributed by atoms with van der Waals surface area (Å²) in [6.45, 7) is 1.31. The van der Waals surface area contributed by atoms with Crippen molar-refractivity contribution in [3.63, 3.8) is 0 Å². The number of rotatable bonds is 2. The average molecular weight is 226 g/mol. The summed E-state index contributed by atoms with van der Waals surface area (Å²) in [4.78, 5) is 10.7. The van der Waals surface area contributed by atoms with E-state index >= 15 is 0 Å². The standard InChI is InChI=1S/C6H10O7S/c1-4(12-6(7)10-2)5-3-11-14(8,9)13-5/h4-5H,3H2,1-2H3. The van der Waals surface area contributed by atoms with Crippen LogP contribution in [0, 0.1) is 0 Å². The van der Waals surface area contributed by atoms with E-state index < -0.39 is 28.8 Å². The molecule has 0 N–H and O–H groups in total. The van der Waals surface area contributed by atoms with E-state index in [4.69, 9.17) is 0 Å². The van der Waals surface area contributed by atoms with E-state index in [1.165, 1.54) is 6.92 Å². The number of hydrogen-bond acceptors (Lipinski definition) is 7. The molecule has 0 saturated carbocycles. The van der Waals surface area contributed by atoms with Crippen molar-refractivity contribution in [2.75, 3.05) is 13.7 Å². The molecular weight excluding hydrogens is 216 g/mol. The van der Waals surface area contributed by atoms with Crippen LogP contribution >= 0.6 is 0 Å². The number of carbonyl (C=O) groups is 1. The van der Waals surface area contributed by atoms with Gasteiger partial charge in [-0.2, -0.15) is 8.42 Å². The van der Waals surface area contributed by atoms with E-state index in [0.29, 0.717) is 0 Å². The quantitative estimate of drug-likeness (QED) is 0.603. The highest BCUT2D eigenvalue weighted by Gasteiger charge is 2.35. The lowest BCUT2D eigenvalue weighted by atomic mass is 10.2. The minimum absolute atomic E-state index is 0.166. The topological polar surface area (TPSA) is 88.1 Å². The molecule has 2 unspecified atom stereocenters. The van der Waals surface area contributed by atoms with Crippen molar-refractivity contribution in [3.8, 4) is 0 Å². The maximum absolute atomic E-state index is 10.7. The zero-order chi connectivity index (χ0) is 10.8. The van der Waals surface area contributed by atoms with Crippen LogP contribution in [0.4, 0.5) is 4.79 Å². The smallest absolute Gasteiger partial charge is 0.438 e. The van der Waals surface area contributed by atoms with Crippen molar-refractivity contribution < 1.29 is 31.1 Å². The molecule has 1 saturated heterocycles. The van der Waals surface area contributed by atoms with E-state index in [1.54, 1.807) is 0 Å². The van der Waals surface area contributed by atoms with Gasteiger partial charge in [-0.1, -0.05) is 0 Å². The zero-order valence-corrected chi connectivity index (χ0v) is 8.44. The van der Waals surface area contributed by atoms with Gasteiger partial charge >= 0.3 is 16.6 Å². The van der Waals surface area contributed by atoms with E-state index in [1.807, 2.05) is 0 Å². The molecule has 0 amide bonds. The normalized spacial score (nSPS) is 26.9. The van der Waals surface area contributed by atoms with Gasteiger partial charge in [-0.3, -0.25) is 0 Å². The van der Waals surface area contributed by atoms with Gasteiger partial charge in [-0.25, -0.2) is 13.2 Å². The van der Waals surface area contributed by atoms with E-state index in [2.05, 4.69) is 17.8 Å². The molecule has 0 aromatic rings. The predicted octanol–water partition coefficient (Wildman–Crippen LogP) is -0.182. The monoisotopic (exact) mass is 226 g/mol. The molecule has 1 aliphatic rings. The third-order valence-electron chi connectivity index (χ3n) is 1.59. The minimum atomic E-state index is -3.92. The second-order valence-corrected chi connectivity index (χ2v) is 3.85. The molecule has 1 rings (SSSR count). The molecule has 0 bridgehead atoms. The first kappa shape index (κ1) is 11.2. The third-order valence-corrected chi connectivity index (χ3v) is 2.50. The van der Waals surface area contributed by atoms with Gasteiger partial charge in [0.1, 0.15) is 12.2 Å². The Hall–Kier alpha value is -0.860. The summed E-state index contributed by atoms with van der Waals surface area (Å²) in [6, 6.07) is 0. The van der Waals surface area contributed by atoms with Gasteiger partial charge in [0.05, 0.1) is 13.7 Å². The van der Waals surface area contributed by atoms with Crippen molar-refractivity contribution in [3.05, 3.63) is 0 Å². The Morgan fingerprint density at radius 2 is 2.21 bits per heavy atom. The van der Waals surface area contributed by atoms with Gasteiger partial charge < -0.3 is 9.47 Å². The maximum Gasteiger partial charge on any atom is 0.508 e. The number of carbonyl (C=O) groups excluding carboxylic acids is 1. The van der Waals surface area contributed by atoms with Crippen LogP contribution in [-0.4, -0.2) is 40.5 Å². The summed E-state index contributed by atoms with van der Waals surface area (Å²) in [5.74, 6) is 0. The van der Waals surface area contributed by atoms with Crippen LogP contribution in [0.1, 0.15) is 6.92 Å². The van der Waals surface area contributed by atoms with Crippen molar-refractivity contribution in [1.82, 2.24) is 0 Å². The molecule has 0 radical (unpaired) electrons. The van der Waals surface area contributed by atoms with Gasteiger partial charge in [0.25, 0.3) is 0 Å². The average Bonchev–Trinajstić information content (AvgIpc) is 2.46. The Kier molecular flexibility index (Phi) is 3.29. The van der Waals surface area contributed by atoms with E-state index in [-0.39, 0.29) is 6.61 Å². The molecule has 1 fully saturated rings. The summed E-state index contributed by atoms with van der Waals surface area (Å²) < 4.78 is 39.0. The highest BCUT2D eigenvalue weighted by atomic mass is 32.3. The van der Waals surface area contributed by atoms with Gasteiger partial charge in [-0.15, -0.1) is 0 Å². The molecular formula is C6H10O7S. The van der Waals surface area contributed by atoms with Crippen LogP contribution in [0.5, 0.6) is 0 Å². The fourth-order valence-corrected chi connectivity index (χ4v) is 1.72. The highest BCUT2D eigenvalue weighted by molar-refractivity contribution is 7.82. The zero-order valence-electron chi connectivity index (χ0n) is 7.63. The van der Waals surface area contributed by atoms with Gasteiger partial charge in [0, 0.05) is 0 Å². The minimum Gasteiger partial charge on any atom is -0.438 e. The molecule has 0 spiro atoms. The number of hydrogen-bond donors (Lipinski definition) is 0. The second-order valence-electron chi connectivity index (χ2n) is 2.60. The maximum atomic E-state index is 10.7. The summed E-state index contributed by atoms with van der Waals surface area (Å²) in [7, 11) is -2.76.